The van der Waals surface area contributed by atoms with Crippen molar-refractivity contribution in [3.8, 4) is 0 Å². The fourth-order valence-electron chi connectivity index (χ4n) is 2.85. The average molecular weight is 291 g/mol. The van der Waals surface area contributed by atoms with Gasteiger partial charge in [-0.25, -0.2) is 0 Å². The Morgan fingerprint density at radius 1 is 1.21 bits per heavy atom. The molecule has 0 saturated carbocycles. The van der Waals surface area contributed by atoms with Gasteiger partial charge in [0.15, 0.2) is 0 Å². The predicted molar refractivity (Wildman–Crippen MR) is 74.2 cm³/mol. The molecular weight excluding hydrogens is 266 g/mol. The summed E-state index contributed by atoms with van der Waals surface area (Å²) in [4.78, 5) is 0. The topological polar surface area (TPSA) is 61.9 Å². The fourth-order valence-corrected chi connectivity index (χ4v) is 4.94. The van der Waals surface area contributed by atoms with Crippen LogP contribution < -0.4 is 5.32 Å². The number of hydrogen-bond acceptors (Lipinski definition) is 4. The van der Waals surface area contributed by atoms with Gasteiger partial charge in [-0.1, -0.05) is 0 Å². The van der Waals surface area contributed by atoms with Crippen LogP contribution in [-0.2, 0) is 14.9 Å². The number of hydrogen-bond donors (Lipinski definition) is 1. The SMILES string of the molecule is CC1CN(S(=O)(=O)N2CCNCC2(C)C)CC(C)O1. The molecule has 2 fully saturated rings. The van der Waals surface area contributed by atoms with Crippen LogP contribution in [0, 0.1) is 0 Å². The van der Waals surface area contributed by atoms with Gasteiger partial charge in [0.2, 0.25) is 0 Å². The molecule has 2 atom stereocenters. The summed E-state index contributed by atoms with van der Waals surface area (Å²) >= 11 is 0. The number of ether oxygens (including phenoxy) is 1. The zero-order chi connectivity index (χ0) is 14.3. The summed E-state index contributed by atoms with van der Waals surface area (Å²) in [7, 11) is -3.41. The first-order chi connectivity index (χ1) is 8.73. The van der Waals surface area contributed by atoms with Crippen LogP contribution in [-0.4, -0.2) is 67.5 Å². The summed E-state index contributed by atoms with van der Waals surface area (Å²) in [6, 6.07) is 0. The number of nitrogens with zero attached hydrogens (tertiary/aromatic N) is 2. The molecular formula is C12H25N3O3S. The molecule has 6 nitrogen and oxygen atoms in total. The molecule has 0 aliphatic carbocycles. The molecule has 2 rings (SSSR count). The van der Waals surface area contributed by atoms with Crippen molar-refractivity contribution >= 4 is 10.2 Å². The van der Waals surface area contributed by atoms with Crippen LogP contribution in [0.1, 0.15) is 27.7 Å². The Kier molecular flexibility index (Phi) is 4.23. The molecule has 0 spiro atoms. The molecule has 112 valence electrons. The minimum absolute atomic E-state index is 0.0513. The van der Waals surface area contributed by atoms with Gasteiger partial charge < -0.3 is 10.1 Å². The van der Waals surface area contributed by atoms with Crippen molar-refractivity contribution in [3.05, 3.63) is 0 Å². The summed E-state index contributed by atoms with van der Waals surface area (Å²) in [6.45, 7) is 10.5. The maximum absolute atomic E-state index is 12.8. The van der Waals surface area contributed by atoms with Gasteiger partial charge >= 0.3 is 0 Å². The zero-order valence-corrected chi connectivity index (χ0v) is 13.0. The smallest absolute Gasteiger partial charge is 0.282 e. The fraction of sp³-hybridized carbons (Fsp3) is 1.00. The highest BCUT2D eigenvalue weighted by Crippen LogP contribution is 2.25. The van der Waals surface area contributed by atoms with Gasteiger partial charge in [-0.05, 0) is 27.7 Å². The van der Waals surface area contributed by atoms with E-state index in [4.69, 9.17) is 4.74 Å². The van der Waals surface area contributed by atoms with Crippen LogP contribution in [0.15, 0.2) is 0 Å². The first kappa shape index (κ1) is 15.2. The van der Waals surface area contributed by atoms with Crippen LogP contribution in [0.2, 0.25) is 0 Å². The largest absolute Gasteiger partial charge is 0.373 e. The Labute approximate surface area is 116 Å². The van der Waals surface area contributed by atoms with Crippen molar-refractivity contribution in [3.63, 3.8) is 0 Å². The lowest BCUT2D eigenvalue weighted by Gasteiger charge is -2.45. The van der Waals surface area contributed by atoms with Crippen molar-refractivity contribution in [1.82, 2.24) is 13.9 Å². The van der Waals surface area contributed by atoms with Crippen LogP contribution in [0.3, 0.4) is 0 Å². The molecule has 7 heteroatoms. The lowest BCUT2D eigenvalue weighted by molar-refractivity contribution is -0.0465. The minimum atomic E-state index is -3.41. The van der Waals surface area contributed by atoms with E-state index in [1.807, 2.05) is 27.7 Å². The molecule has 0 aromatic carbocycles. The predicted octanol–water partition coefficient (Wildman–Crippen LogP) is 0.0242. The normalized spacial score (nSPS) is 34.3. The van der Waals surface area contributed by atoms with E-state index in [2.05, 4.69) is 5.32 Å². The number of morpholine rings is 1. The summed E-state index contributed by atoms with van der Waals surface area (Å²) < 4.78 is 34.4. The molecule has 0 radical (unpaired) electrons. The molecule has 2 unspecified atom stereocenters. The average Bonchev–Trinajstić information content (AvgIpc) is 2.26. The van der Waals surface area contributed by atoms with E-state index in [0.717, 1.165) is 0 Å². The summed E-state index contributed by atoms with van der Waals surface area (Å²) in [5.74, 6) is 0. The maximum Gasteiger partial charge on any atom is 0.282 e. The van der Waals surface area contributed by atoms with E-state index in [9.17, 15) is 8.42 Å². The first-order valence-electron chi connectivity index (χ1n) is 6.87. The van der Waals surface area contributed by atoms with E-state index < -0.39 is 10.2 Å². The number of nitrogens with one attached hydrogen (secondary N) is 1. The van der Waals surface area contributed by atoms with Crippen molar-refractivity contribution in [2.24, 2.45) is 0 Å². The van der Waals surface area contributed by atoms with Crippen molar-refractivity contribution in [2.75, 3.05) is 32.7 Å². The standard InChI is InChI=1S/C12H25N3O3S/c1-10-7-14(8-11(2)18-10)19(16,17)15-6-5-13-9-12(15,3)4/h10-11,13H,5-9H2,1-4H3. The number of piperazine rings is 1. The molecule has 2 aliphatic rings. The zero-order valence-electron chi connectivity index (χ0n) is 12.2. The molecule has 0 bridgehead atoms. The summed E-state index contributed by atoms with van der Waals surface area (Å²) in [5.41, 5.74) is -0.387. The third-order valence-electron chi connectivity index (χ3n) is 3.72. The van der Waals surface area contributed by atoms with Gasteiger partial charge in [-0.3, -0.25) is 0 Å². The lowest BCUT2D eigenvalue weighted by atomic mass is 10.0. The second-order valence-corrected chi connectivity index (χ2v) is 8.00. The second-order valence-electron chi connectivity index (χ2n) is 6.14. The maximum atomic E-state index is 12.8. The van der Waals surface area contributed by atoms with E-state index in [-0.39, 0.29) is 17.7 Å². The summed E-state index contributed by atoms with van der Waals surface area (Å²) in [6.07, 6.45) is -0.103. The van der Waals surface area contributed by atoms with Crippen LogP contribution >= 0.6 is 0 Å². The number of rotatable bonds is 2. The first-order valence-corrected chi connectivity index (χ1v) is 8.27. The highest BCUT2D eigenvalue weighted by Gasteiger charge is 2.43. The Bertz CT molecular complexity index is 414. The molecule has 0 aromatic rings. The lowest BCUT2D eigenvalue weighted by Crippen LogP contribution is -2.64. The van der Waals surface area contributed by atoms with Crippen LogP contribution in [0.4, 0.5) is 0 Å². The van der Waals surface area contributed by atoms with E-state index in [0.29, 0.717) is 32.7 Å². The molecule has 0 amide bonds. The summed E-state index contributed by atoms with van der Waals surface area (Å²) in [5, 5.41) is 3.25. The van der Waals surface area contributed by atoms with Gasteiger partial charge in [-0.15, -0.1) is 0 Å². The highest BCUT2D eigenvalue weighted by atomic mass is 32.2. The van der Waals surface area contributed by atoms with E-state index in [1.54, 1.807) is 8.61 Å². The Hall–Kier alpha value is -0.210. The Balaban J connectivity index is 2.21. The highest BCUT2D eigenvalue weighted by molar-refractivity contribution is 7.86. The molecule has 2 heterocycles. The van der Waals surface area contributed by atoms with Crippen molar-refractivity contribution < 1.29 is 13.2 Å². The van der Waals surface area contributed by atoms with Crippen molar-refractivity contribution in [1.29, 1.82) is 0 Å². The van der Waals surface area contributed by atoms with Gasteiger partial charge in [0, 0.05) is 38.3 Å². The molecule has 1 N–H and O–H groups in total. The third kappa shape index (κ3) is 3.11. The Morgan fingerprint density at radius 2 is 1.79 bits per heavy atom. The third-order valence-corrected chi connectivity index (χ3v) is 5.90. The van der Waals surface area contributed by atoms with Gasteiger partial charge in [0.25, 0.3) is 10.2 Å². The molecule has 0 aromatic heterocycles. The second kappa shape index (κ2) is 5.29. The van der Waals surface area contributed by atoms with E-state index >= 15 is 0 Å². The van der Waals surface area contributed by atoms with Gasteiger partial charge in [0.1, 0.15) is 0 Å². The van der Waals surface area contributed by atoms with Gasteiger partial charge in [-0.2, -0.15) is 17.0 Å². The van der Waals surface area contributed by atoms with Crippen LogP contribution in [0.5, 0.6) is 0 Å². The quantitative estimate of drug-likeness (QED) is 0.779. The van der Waals surface area contributed by atoms with Crippen molar-refractivity contribution in [2.45, 2.75) is 45.4 Å². The molecule has 2 aliphatic heterocycles. The van der Waals surface area contributed by atoms with E-state index in [1.165, 1.54) is 0 Å². The monoisotopic (exact) mass is 291 g/mol. The van der Waals surface area contributed by atoms with Crippen LogP contribution in [0.25, 0.3) is 0 Å². The Morgan fingerprint density at radius 3 is 2.32 bits per heavy atom. The molecule has 19 heavy (non-hydrogen) atoms. The minimum Gasteiger partial charge on any atom is -0.373 e. The van der Waals surface area contributed by atoms with Gasteiger partial charge in [0.05, 0.1) is 12.2 Å². The molecule has 2 saturated heterocycles.